The number of carbonyl (C=O) groups is 1. The molecule has 0 saturated heterocycles. The fourth-order valence-corrected chi connectivity index (χ4v) is 2.23. The summed E-state index contributed by atoms with van der Waals surface area (Å²) in [4.78, 5) is 10.8. The highest BCUT2D eigenvalue weighted by molar-refractivity contribution is 5.84. The lowest BCUT2D eigenvalue weighted by Gasteiger charge is -2.05. The first-order chi connectivity index (χ1) is 10.7. The first kappa shape index (κ1) is 14.1. The minimum absolute atomic E-state index is 0.0797. The van der Waals surface area contributed by atoms with Crippen molar-refractivity contribution in [3.8, 4) is 11.3 Å². The van der Waals surface area contributed by atoms with E-state index in [1.807, 2.05) is 12.1 Å². The molecular formula is C16H15N3O3. The van der Waals surface area contributed by atoms with Crippen molar-refractivity contribution in [3.05, 3.63) is 59.7 Å². The second kappa shape index (κ2) is 5.85. The van der Waals surface area contributed by atoms with Crippen molar-refractivity contribution in [2.45, 2.75) is 19.9 Å². The molecule has 0 radical (unpaired) electrons. The lowest BCUT2D eigenvalue weighted by molar-refractivity contribution is 0.0660. The van der Waals surface area contributed by atoms with Gasteiger partial charge in [0.2, 0.25) is 5.76 Å². The lowest BCUT2D eigenvalue weighted by Crippen LogP contribution is -2.03. The summed E-state index contributed by atoms with van der Waals surface area (Å²) < 4.78 is 6.94. The molecule has 0 fully saturated rings. The standard InChI is InChI=1S/C16H15N3O3/c1-2-11-3-5-12(6-4-11)14-9-17-18-19(14)10-13-7-8-15(22-13)16(20)21/h3-9H,2,10H2,1H3,(H,20,21). The number of benzene rings is 1. The van der Waals surface area contributed by atoms with Gasteiger partial charge in [0.15, 0.2) is 0 Å². The number of nitrogens with zero attached hydrogens (tertiary/aromatic N) is 3. The molecule has 0 spiro atoms. The second-order valence-corrected chi connectivity index (χ2v) is 4.90. The number of carboxylic acids is 1. The van der Waals surface area contributed by atoms with Crippen molar-refractivity contribution in [1.82, 2.24) is 15.0 Å². The van der Waals surface area contributed by atoms with E-state index in [9.17, 15) is 4.79 Å². The predicted octanol–water partition coefficient (Wildman–Crippen LogP) is 2.85. The van der Waals surface area contributed by atoms with Crippen LogP contribution in [-0.4, -0.2) is 26.1 Å². The lowest BCUT2D eigenvalue weighted by atomic mass is 10.1. The number of rotatable bonds is 5. The first-order valence-corrected chi connectivity index (χ1v) is 6.97. The molecule has 0 saturated carbocycles. The van der Waals surface area contributed by atoms with E-state index >= 15 is 0 Å². The predicted molar refractivity (Wildman–Crippen MR) is 79.6 cm³/mol. The van der Waals surface area contributed by atoms with Gasteiger partial charge in [-0.1, -0.05) is 36.4 Å². The summed E-state index contributed by atoms with van der Waals surface area (Å²) in [5, 5.41) is 16.9. The fraction of sp³-hybridized carbons (Fsp3) is 0.188. The Morgan fingerprint density at radius 2 is 2.00 bits per heavy atom. The van der Waals surface area contributed by atoms with Crippen molar-refractivity contribution in [3.63, 3.8) is 0 Å². The molecule has 22 heavy (non-hydrogen) atoms. The number of aryl methyl sites for hydroxylation is 1. The molecule has 0 aliphatic carbocycles. The van der Waals surface area contributed by atoms with E-state index in [2.05, 4.69) is 29.4 Å². The van der Waals surface area contributed by atoms with Crippen molar-refractivity contribution in [2.75, 3.05) is 0 Å². The summed E-state index contributed by atoms with van der Waals surface area (Å²) >= 11 is 0. The second-order valence-electron chi connectivity index (χ2n) is 4.90. The summed E-state index contributed by atoms with van der Waals surface area (Å²) in [5.41, 5.74) is 3.13. The zero-order chi connectivity index (χ0) is 15.5. The summed E-state index contributed by atoms with van der Waals surface area (Å²) in [6, 6.07) is 11.3. The van der Waals surface area contributed by atoms with Crippen molar-refractivity contribution >= 4 is 5.97 Å². The average molecular weight is 297 g/mol. The van der Waals surface area contributed by atoms with Gasteiger partial charge in [-0.3, -0.25) is 0 Å². The minimum atomic E-state index is -1.08. The van der Waals surface area contributed by atoms with Gasteiger partial charge in [-0.2, -0.15) is 0 Å². The fourth-order valence-electron chi connectivity index (χ4n) is 2.23. The molecule has 1 N–H and O–H groups in total. The van der Waals surface area contributed by atoms with Gasteiger partial charge in [-0.15, -0.1) is 5.10 Å². The molecule has 6 heteroatoms. The van der Waals surface area contributed by atoms with Crippen LogP contribution in [0.5, 0.6) is 0 Å². The minimum Gasteiger partial charge on any atom is -0.475 e. The quantitative estimate of drug-likeness (QED) is 0.783. The van der Waals surface area contributed by atoms with E-state index in [-0.39, 0.29) is 5.76 Å². The molecule has 2 aromatic heterocycles. The van der Waals surface area contributed by atoms with E-state index in [1.165, 1.54) is 11.6 Å². The van der Waals surface area contributed by atoms with Gasteiger partial charge in [0, 0.05) is 5.56 Å². The van der Waals surface area contributed by atoms with E-state index in [0.717, 1.165) is 17.7 Å². The zero-order valence-corrected chi connectivity index (χ0v) is 12.1. The molecule has 0 unspecified atom stereocenters. The highest BCUT2D eigenvalue weighted by atomic mass is 16.4. The number of carboxylic acid groups (broad SMARTS) is 1. The molecule has 112 valence electrons. The molecule has 1 aromatic carbocycles. The van der Waals surface area contributed by atoms with Crippen LogP contribution in [0.25, 0.3) is 11.3 Å². The van der Waals surface area contributed by atoms with Crippen LogP contribution >= 0.6 is 0 Å². The molecule has 0 atom stereocenters. The molecular weight excluding hydrogens is 282 g/mol. The van der Waals surface area contributed by atoms with Gasteiger partial charge in [0.05, 0.1) is 11.9 Å². The molecule has 0 amide bonds. The third-order valence-corrected chi connectivity index (χ3v) is 3.45. The van der Waals surface area contributed by atoms with Crippen LogP contribution < -0.4 is 0 Å². The Morgan fingerprint density at radius 1 is 1.23 bits per heavy atom. The molecule has 6 nitrogen and oxygen atoms in total. The van der Waals surface area contributed by atoms with E-state index in [1.54, 1.807) is 16.9 Å². The molecule has 0 aliphatic rings. The maximum absolute atomic E-state index is 10.8. The number of furan rings is 1. The van der Waals surface area contributed by atoms with Crippen LogP contribution in [0.15, 0.2) is 47.0 Å². The summed E-state index contributed by atoms with van der Waals surface area (Å²) in [5.74, 6) is -0.640. The SMILES string of the molecule is CCc1ccc(-c2cnnn2Cc2ccc(C(=O)O)o2)cc1. The number of aromatic nitrogens is 3. The molecule has 0 bridgehead atoms. The Morgan fingerprint density at radius 3 is 2.64 bits per heavy atom. The maximum atomic E-state index is 10.8. The smallest absolute Gasteiger partial charge is 0.371 e. The Bertz CT molecular complexity index is 787. The Labute approximate surface area is 127 Å². The van der Waals surface area contributed by atoms with Gasteiger partial charge >= 0.3 is 5.97 Å². The zero-order valence-electron chi connectivity index (χ0n) is 12.1. The normalized spacial score (nSPS) is 10.8. The Kier molecular flexibility index (Phi) is 3.74. The van der Waals surface area contributed by atoms with Crippen molar-refractivity contribution < 1.29 is 14.3 Å². The highest BCUT2D eigenvalue weighted by Gasteiger charge is 2.12. The van der Waals surface area contributed by atoms with Gasteiger partial charge < -0.3 is 9.52 Å². The van der Waals surface area contributed by atoms with Crippen LogP contribution in [0.1, 0.15) is 28.8 Å². The Balaban J connectivity index is 1.86. The van der Waals surface area contributed by atoms with Crippen LogP contribution in [0, 0.1) is 0 Å². The van der Waals surface area contributed by atoms with Crippen LogP contribution in [0.3, 0.4) is 0 Å². The Hall–Kier alpha value is -2.89. The van der Waals surface area contributed by atoms with Gasteiger partial charge in [-0.05, 0) is 24.1 Å². The number of hydrogen-bond acceptors (Lipinski definition) is 4. The maximum Gasteiger partial charge on any atom is 0.371 e. The molecule has 2 heterocycles. The molecule has 0 aliphatic heterocycles. The first-order valence-electron chi connectivity index (χ1n) is 6.97. The van der Waals surface area contributed by atoms with Gasteiger partial charge in [0.25, 0.3) is 0 Å². The van der Waals surface area contributed by atoms with E-state index in [4.69, 9.17) is 9.52 Å². The van der Waals surface area contributed by atoms with Gasteiger partial charge in [0.1, 0.15) is 12.3 Å². The highest BCUT2D eigenvalue weighted by Crippen LogP contribution is 2.20. The summed E-state index contributed by atoms with van der Waals surface area (Å²) in [7, 11) is 0. The molecule has 3 rings (SSSR count). The summed E-state index contributed by atoms with van der Waals surface area (Å²) in [6.45, 7) is 2.44. The molecule has 3 aromatic rings. The van der Waals surface area contributed by atoms with Crippen LogP contribution in [-0.2, 0) is 13.0 Å². The van der Waals surface area contributed by atoms with Crippen molar-refractivity contribution in [2.24, 2.45) is 0 Å². The largest absolute Gasteiger partial charge is 0.475 e. The van der Waals surface area contributed by atoms with Crippen LogP contribution in [0.4, 0.5) is 0 Å². The van der Waals surface area contributed by atoms with Crippen LogP contribution in [0.2, 0.25) is 0 Å². The van der Waals surface area contributed by atoms with E-state index in [0.29, 0.717) is 12.3 Å². The summed E-state index contributed by atoms with van der Waals surface area (Å²) in [6.07, 6.45) is 2.67. The van der Waals surface area contributed by atoms with Gasteiger partial charge in [-0.25, -0.2) is 9.48 Å². The topological polar surface area (TPSA) is 81.2 Å². The number of hydrogen-bond donors (Lipinski definition) is 1. The average Bonchev–Trinajstić information content (AvgIpc) is 3.17. The third-order valence-electron chi connectivity index (χ3n) is 3.45. The van der Waals surface area contributed by atoms with E-state index < -0.39 is 5.97 Å². The van der Waals surface area contributed by atoms with Crippen molar-refractivity contribution in [1.29, 1.82) is 0 Å². The monoisotopic (exact) mass is 297 g/mol. The number of aromatic carboxylic acids is 1. The third kappa shape index (κ3) is 2.76.